The van der Waals surface area contributed by atoms with Crippen LogP contribution in [0.4, 0.5) is 0 Å². The highest BCUT2D eigenvalue weighted by molar-refractivity contribution is 5.84. The molecule has 0 amide bonds. The third kappa shape index (κ3) is 4.52. The number of imidazole rings is 1. The predicted octanol–water partition coefficient (Wildman–Crippen LogP) is 6.30. The van der Waals surface area contributed by atoms with Crippen LogP contribution in [0.25, 0.3) is 33.7 Å². The molecule has 8 heteroatoms. The van der Waals surface area contributed by atoms with Crippen molar-refractivity contribution in [2.75, 3.05) is 0 Å². The van der Waals surface area contributed by atoms with Crippen molar-refractivity contribution in [1.82, 2.24) is 35.2 Å². The molecule has 0 unspecified atom stereocenters. The Balaban J connectivity index is 1.38. The number of rotatable bonds is 7. The van der Waals surface area contributed by atoms with Crippen molar-refractivity contribution in [3.63, 3.8) is 0 Å². The first-order chi connectivity index (χ1) is 18.6. The number of aromatic nitrogens is 7. The Labute approximate surface area is 220 Å². The van der Waals surface area contributed by atoms with Gasteiger partial charge in [-0.3, -0.25) is 0 Å². The highest BCUT2D eigenvalue weighted by Crippen LogP contribution is 2.37. The SMILES string of the molecule is CCc1nc2ccc(C)nc2n1Cc1ccc(-c2cc(Oc3ccccc3)cc(C)c2-c2nn[nH]n2)cc1. The lowest BCUT2D eigenvalue weighted by Gasteiger charge is -2.15. The van der Waals surface area contributed by atoms with Gasteiger partial charge in [-0.15, -0.1) is 10.2 Å². The summed E-state index contributed by atoms with van der Waals surface area (Å²) in [6, 6.07) is 26.4. The number of aryl methyl sites for hydroxylation is 3. The lowest BCUT2D eigenvalue weighted by atomic mass is 9.94. The Morgan fingerprint density at radius 3 is 2.42 bits per heavy atom. The quantitative estimate of drug-likeness (QED) is 0.276. The summed E-state index contributed by atoms with van der Waals surface area (Å²) < 4.78 is 8.39. The molecule has 0 atom stereocenters. The molecular formula is C30H27N7O. The topological polar surface area (TPSA) is 94.4 Å². The van der Waals surface area contributed by atoms with Crippen LogP contribution in [0, 0.1) is 13.8 Å². The summed E-state index contributed by atoms with van der Waals surface area (Å²) in [5, 5.41) is 14.9. The van der Waals surface area contributed by atoms with E-state index in [9.17, 15) is 0 Å². The molecule has 0 spiro atoms. The zero-order valence-corrected chi connectivity index (χ0v) is 21.5. The number of benzene rings is 3. The van der Waals surface area contributed by atoms with Crippen molar-refractivity contribution in [3.8, 4) is 34.0 Å². The van der Waals surface area contributed by atoms with E-state index in [0.717, 1.165) is 62.9 Å². The summed E-state index contributed by atoms with van der Waals surface area (Å²) in [7, 11) is 0. The summed E-state index contributed by atoms with van der Waals surface area (Å²) in [5.41, 5.74) is 7.93. The van der Waals surface area contributed by atoms with Crippen LogP contribution in [0.5, 0.6) is 11.5 Å². The van der Waals surface area contributed by atoms with E-state index in [2.05, 4.69) is 56.4 Å². The van der Waals surface area contributed by atoms with Crippen LogP contribution in [-0.4, -0.2) is 35.2 Å². The summed E-state index contributed by atoms with van der Waals surface area (Å²) in [4.78, 5) is 9.55. The van der Waals surface area contributed by atoms with E-state index in [4.69, 9.17) is 14.7 Å². The fraction of sp³-hybridized carbons (Fsp3) is 0.167. The number of ether oxygens (including phenoxy) is 1. The van der Waals surface area contributed by atoms with Gasteiger partial charge >= 0.3 is 0 Å². The summed E-state index contributed by atoms with van der Waals surface area (Å²) in [5.74, 6) is 3.11. The number of hydrogen-bond donors (Lipinski definition) is 1. The highest BCUT2D eigenvalue weighted by Gasteiger charge is 2.17. The number of nitrogens with one attached hydrogen (secondary N) is 1. The fourth-order valence-electron chi connectivity index (χ4n) is 4.78. The Morgan fingerprint density at radius 2 is 1.68 bits per heavy atom. The minimum Gasteiger partial charge on any atom is -0.457 e. The molecule has 188 valence electrons. The first-order valence-corrected chi connectivity index (χ1v) is 12.6. The highest BCUT2D eigenvalue weighted by atomic mass is 16.5. The number of hydrogen-bond acceptors (Lipinski definition) is 6. The van der Waals surface area contributed by atoms with Gasteiger partial charge in [0.05, 0.1) is 6.54 Å². The Hall–Kier alpha value is -4.85. The van der Waals surface area contributed by atoms with Crippen LogP contribution in [-0.2, 0) is 13.0 Å². The number of nitrogens with zero attached hydrogens (tertiary/aromatic N) is 6. The number of tetrazole rings is 1. The van der Waals surface area contributed by atoms with Gasteiger partial charge in [-0.05, 0) is 77.7 Å². The maximum absolute atomic E-state index is 6.18. The number of aromatic amines is 1. The normalized spacial score (nSPS) is 11.2. The van der Waals surface area contributed by atoms with Crippen LogP contribution < -0.4 is 4.74 Å². The van der Waals surface area contributed by atoms with Crippen LogP contribution in [0.1, 0.15) is 29.6 Å². The molecule has 8 nitrogen and oxygen atoms in total. The number of para-hydroxylation sites is 1. The molecule has 0 radical (unpaired) electrons. The molecule has 0 aliphatic heterocycles. The van der Waals surface area contributed by atoms with Gasteiger partial charge in [-0.1, -0.05) is 49.4 Å². The van der Waals surface area contributed by atoms with Gasteiger partial charge in [-0.25, -0.2) is 9.97 Å². The van der Waals surface area contributed by atoms with Crippen LogP contribution in [0.15, 0.2) is 78.9 Å². The van der Waals surface area contributed by atoms with E-state index in [0.29, 0.717) is 12.4 Å². The molecule has 38 heavy (non-hydrogen) atoms. The van der Waals surface area contributed by atoms with Gasteiger partial charge in [0.25, 0.3) is 0 Å². The average Bonchev–Trinajstić information content (AvgIpc) is 3.58. The maximum Gasteiger partial charge on any atom is 0.205 e. The molecule has 1 N–H and O–H groups in total. The van der Waals surface area contributed by atoms with Crippen molar-refractivity contribution in [1.29, 1.82) is 0 Å². The second-order valence-electron chi connectivity index (χ2n) is 9.27. The van der Waals surface area contributed by atoms with Crippen molar-refractivity contribution >= 4 is 11.2 Å². The van der Waals surface area contributed by atoms with E-state index in [1.54, 1.807) is 0 Å². The van der Waals surface area contributed by atoms with E-state index < -0.39 is 0 Å². The van der Waals surface area contributed by atoms with Gasteiger partial charge < -0.3 is 9.30 Å². The first kappa shape index (κ1) is 23.5. The fourth-order valence-corrected chi connectivity index (χ4v) is 4.78. The van der Waals surface area contributed by atoms with E-state index in [1.807, 2.05) is 68.4 Å². The molecule has 0 aliphatic rings. The maximum atomic E-state index is 6.18. The van der Waals surface area contributed by atoms with Crippen LogP contribution in [0.2, 0.25) is 0 Å². The zero-order chi connectivity index (χ0) is 26.1. The van der Waals surface area contributed by atoms with E-state index in [-0.39, 0.29) is 0 Å². The minimum absolute atomic E-state index is 0.548. The molecule has 3 aromatic carbocycles. The van der Waals surface area contributed by atoms with Gasteiger partial charge in [0.15, 0.2) is 5.65 Å². The lowest BCUT2D eigenvalue weighted by Crippen LogP contribution is -2.05. The molecule has 0 fully saturated rings. The molecule has 3 heterocycles. The largest absolute Gasteiger partial charge is 0.457 e. The van der Waals surface area contributed by atoms with Gasteiger partial charge in [0, 0.05) is 17.7 Å². The molecule has 3 aromatic heterocycles. The summed E-state index contributed by atoms with van der Waals surface area (Å²) >= 11 is 0. The Morgan fingerprint density at radius 1 is 0.868 bits per heavy atom. The Kier molecular flexibility index (Phi) is 6.13. The number of pyridine rings is 1. The Bertz CT molecular complexity index is 1710. The monoisotopic (exact) mass is 501 g/mol. The molecule has 0 bridgehead atoms. The smallest absolute Gasteiger partial charge is 0.205 e. The molecule has 0 saturated carbocycles. The second kappa shape index (κ2) is 9.89. The van der Waals surface area contributed by atoms with Crippen molar-refractivity contribution < 1.29 is 4.74 Å². The second-order valence-corrected chi connectivity index (χ2v) is 9.27. The average molecular weight is 502 g/mol. The molecule has 6 rings (SSSR count). The van der Waals surface area contributed by atoms with Gasteiger partial charge in [-0.2, -0.15) is 5.21 Å². The third-order valence-electron chi connectivity index (χ3n) is 6.59. The third-order valence-corrected chi connectivity index (χ3v) is 6.59. The molecular weight excluding hydrogens is 474 g/mol. The molecule has 0 saturated heterocycles. The van der Waals surface area contributed by atoms with Gasteiger partial charge in [0.2, 0.25) is 5.82 Å². The van der Waals surface area contributed by atoms with Crippen LogP contribution in [0.3, 0.4) is 0 Å². The van der Waals surface area contributed by atoms with E-state index in [1.165, 1.54) is 5.56 Å². The van der Waals surface area contributed by atoms with Gasteiger partial charge in [0.1, 0.15) is 22.8 Å². The number of fused-ring (bicyclic) bond motifs is 1. The van der Waals surface area contributed by atoms with Crippen molar-refractivity contribution in [3.05, 3.63) is 102 Å². The van der Waals surface area contributed by atoms with Crippen molar-refractivity contribution in [2.45, 2.75) is 33.7 Å². The first-order valence-electron chi connectivity index (χ1n) is 12.6. The van der Waals surface area contributed by atoms with Crippen molar-refractivity contribution in [2.24, 2.45) is 0 Å². The lowest BCUT2D eigenvalue weighted by molar-refractivity contribution is 0.482. The molecule has 6 aromatic rings. The standard InChI is InChI=1S/C30H27N7O/c1-4-27-32-26-15-10-20(3)31-30(26)37(27)18-21-11-13-22(14-12-21)25-17-24(38-23-8-6-5-7-9-23)16-19(2)28(25)29-33-35-36-34-29/h5-17H,4,18H2,1-3H3,(H,33,34,35,36). The summed E-state index contributed by atoms with van der Waals surface area (Å²) in [6.07, 6.45) is 0.842. The summed E-state index contributed by atoms with van der Waals surface area (Å²) in [6.45, 7) is 6.87. The zero-order valence-electron chi connectivity index (χ0n) is 21.5. The number of H-pyrrole nitrogens is 1. The molecule has 0 aliphatic carbocycles. The van der Waals surface area contributed by atoms with Crippen LogP contribution >= 0.6 is 0 Å². The predicted molar refractivity (Wildman–Crippen MR) is 147 cm³/mol. The minimum atomic E-state index is 0.548. The van der Waals surface area contributed by atoms with E-state index >= 15 is 0 Å².